The highest BCUT2D eigenvalue weighted by Crippen LogP contribution is 2.27. The van der Waals surface area contributed by atoms with Crippen molar-refractivity contribution in [2.75, 3.05) is 26.2 Å². The minimum atomic E-state index is -0.367. The molecule has 198 valence electrons. The van der Waals surface area contributed by atoms with Crippen LogP contribution in [0.5, 0.6) is 0 Å². The molecule has 37 heavy (non-hydrogen) atoms. The Morgan fingerprint density at radius 2 is 1.46 bits per heavy atom. The summed E-state index contributed by atoms with van der Waals surface area (Å²) in [5, 5.41) is 20.6. The molecule has 1 amide bonds. The van der Waals surface area contributed by atoms with E-state index in [1.807, 2.05) is 41.6 Å². The third-order valence-corrected chi connectivity index (χ3v) is 7.11. The first-order valence-electron chi connectivity index (χ1n) is 13.2. The van der Waals surface area contributed by atoms with Gasteiger partial charge in [0.15, 0.2) is 5.78 Å². The molecule has 3 heterocycles. The molecular weight excluding hydrogens is 468 g/mol. The molecule has 1 N–H and O–H groups in total. The number of hydrogen-bond donors (Lipinski definition) is 1. The number of amides is 1. The summed E-state index contributed by atoms with van der Waals surface area (Å²) in [6, 6.07) is 7.18. The second-order valence-electron chi connectivity index (χ2n) is 10.4. The van der Waals surface area contributed by atoms with Gasteiger partial charge in [0.1, 0.15) is 23.5 Å². The standard InChI is InChI=1S/C27H38N8O2/c1-6-19(4)26(20(5)36)35-17-24(30-32-35)22-9-7-21(8-10-22)23-16-34(31-29-23)25(15-18(2)3)27(37)33-13-11-28-12-14-33/h7-10,16-19,25-26,28H,6,11-15H2,1-5H3/t19-,25-,26-/m0/s1. The van der Waals surface area contributed by atoms with Gasteiger partial charge in [-0.15, -0.1) is 10.2 Å². The number of nitrogens with zero attached hydrogens (tertiary/aromatic N) is 7. The molecule has 4 rings (SSSR count). The molecular formula is C27H38N8O2. The molecule has 10 heteroatoms. The van der Waals surface area contributed by atoms with E-state index in [1.165, 1.54) is 0 Å². The lowest BCUT2D eigenvalue weighted by atomic mass is 9.96. The third-order valence-electron chi connectivity index (χ3n) is 7.11. The number of aromatic nitrogens is 6. The van der Waals surface area contributed by atoms with Crippen LogP contribution in [0.3, 0.4) is 0 Å². The maximum Gasteiger partial charge on any atom is 0.247 e. The number of hydrogen-bond acceptors (Lipinski definition) is 7. The van der Waals surface area contributed by atoms with E-state index < -0.39 is 0 Å². The summed E-state index contributed by atoms with van der Waals surface area (Å²) in [4.78, 5) is 27.4. The Bertz CT molecular complexity index is 1190. The van der Waals surface area contributed by atoms with Gasteiger partial charge in [-0.25, -0.2) is 9.36 Å². The lowest BCUT2D eigenvalue weighted by molar-refractivity contribution is -0.136. The molecule has 2 aromatic heterocycles. The molecule has 0 unspecified atom stereocenters. The van der Waals surface area contributed by atoms with Gasteiger partial charge in [0.05, 0.1) is 12.4 Å². The minimum absolute atomic E-state index is 0.0791. The fourth-order valence-electron chi connectivity index (χ4n) is 4.85. The monoisotopic (exact) mass is 506 g/mol. The SMILES string of the molecule is CC[C@H](C)[C@@H](C(C)=O)n1cc(-c2ccc(-c3cn([C@@H](CC(C)C)C(=O)N4CCNCC4)nn3)cc2)nn1. The Hall–Kier alpha value is -3.40. The van der Waals surface area contributed by atoms with Crippen molar-refractivity contribution in [3.8, 4) is 22.5 Å². The van der Waals surface area contributed by atoms with Crippen LogP contribution in [0.15, 0.2) is 36.7 Å². The van der Waals surface area contributed by atoms with E-state index in [-0.39, 0.29) is 29.7 Å². The van der Waals surface area contributed by atoms with Crippen molar-refractivity contribution in [2.24, 2.45) is 11.8 Å². The van der Waals surface area contributed by atoms with Crippen LogP contribution in [0.1, 0.15) is 59.5 Å². The molecule has 0 saturated carbocycles. The van der Waals surface area contributed by atoms with Crippen molar-refractivity contribution in [2.45, 2.75) is 59.5 Å². The largest absolute Gasteiger partial charge is 0.338 e. The van der Waals surface area contributed by atoms with Gasteiger partial charge >= 0.3 is 0 Å². The molecule has 3 atom stereocenters. The third kappa shape index (κ3) is 6.12. The van der Waals surface area contributed by atoms with Crippen LogP contribution in [0.2, 0.25) is 0 Å². The molecule has 0 aliphatic carbocycles. The molecule has 0 bridgehead atoms. The predicted molar refractivity (Wildman–Crippen MR) is 142 cm³/mol. The minimum Gasteiger partial charge on any atom is -0.338 e. The summed E-state index contributed by atoms with van der Waals surface area (Å²) >= 11 is 0. The van der Waals surface area contributed by atoms with Crippen LogP contribution in [-0.4, -0.2) is 72.8 Å². The van der Waals surface area contributed by atoms with Crippen molar-refractivity contribution >= 4 is 11.7 Å². The van der Waals surface area contributed by atoms with Crippen LogP contribution in [0, 0.1) is 11.8 Å². The molecule has 1 aromatic carbocycles. The summed E-state index contributed by atoms with van der Waals surface area (Å²) in [5.41, 5.74) is 3.23. The molecule has 10 nitrogen and oxygen atoms in total. The molecule has 1 fully saturated rings. The normalized spacial score (nSPS) is 16.5. The Kier molecular flexibility index (Phi) is 8.48. The van der Waals surface area contributed by atoms with Gasteiger partial charge in [-0.05, 0) is 25.2 Å². The number of carbonyl (C=O) groups is 2. The van der Waals surface area contributed by atoms with E-state index in [9.17, 15) is 9.59 Å². The number of piperazine rings is 1. The Balaban J connectivity index is 1.52. The molecule has 3 aromatic rings. The first-order valence-corrected chi connectivity index (χ1v) is 13.2. The van der Waals surface area contributed by atoms with E-state index in [4.69, 9.17) is 0 Å². The quantitative estimate of drug-likeness (QED) is 0.449. The Morgan fingerprint density at radius 3 is 1.97 bits per heavy atom. The summed E-state index contributed by atoms with van der Waals surface area (Å²) in [6.07, 6.45) is 5.29. The lowest BCUT2D eigenvalue weighted by Crippen LogP contribution is -2.49. The fourth-order valence-corrected chi connectivity index (χ4v) is 4.85. The summed E-state index contributed by atoms with van der Waals surface area (Å²) in [5.74, 6) is 0.705. The smallest absolute Gasteiger partial charge is 0.247 e. The van der Waals surface area contributed by atoms with Gasteiger partial charge in [-0.2, -0.15) is 0 Å². The molecule has 1 aliphatic heterocycles. The molecule has 0 spiro atoms. The predicted octanol–water partition coefficient (Wildman–Crippen LogP) is 3.40. The van der Waals surface area contributed by atoms with Crippen molar-refractivity contribution in [1.29, 1.82) is 0 Å². The highest BCUT2D eigenvalue weighted by molar-refractivity contribution is 5.81. The van der Waals surface area contributed by atoms with E-state index in [2.05, 4.69) is 53.6 Å². The van der Waals surface area contributed by atoms with Crippen LogP contribution < -0.4 is 5.32 Å². The van der Waals surface area contributed by atoms with Crippen LogP contribution >= 0.6 is 0 Å². The molecule has 1 saturated heterocycles. The van der Waals surface area contributed by atoms with Crippen molar-refractivity contribution in [3.05, 3.63) is 36.7 Å². The maximum absolute atomic E-state index is 13.3. The zero-order valence-corrected chi connectivity index (χ0v) is 22.5. The number of Topliss-reactive ketones (excluding diaryl/α,β-unsaturated/α-hetero) is 1. The highest BCUT2D eigenvalue weighted by Gasteiger charge is 2.29. The van der Waals surface area contributed by atoms with Crippen LogP contribution in [0.25, 0.3) is 22.5 Å². The zero-order chi connectivity index (χ0) is 26.5. The van der Waals surface area contributed by atoms with Gasteiger partial charge in [-0.1, -0.05) is 68.8 Å². The first kappa shape index (κ1) is 26.7. The van der Waals surface area contributed by atoms with Gasteiger partial charge < -0.3 is 10.2 Å². The van der Waals surface area contributed by atoms with Gasteiger partial charge in [0.2, 0.25) is 5.91 Å². The topological polar surface area (TPSA) is 111 Å². The zero-order valence-electron chi connectivity index (χ0n) is 22.5. The number of rotatable bonds is 10. The maximum atomic E-state index is 13.3. The summed E-state index contributed by atoms with van der Waals surface area (Å²) < 4.78 is 3.39. The van der Waals surface area contributed by atoms with Gasteiger partial charge in [0.25, 0.3) is 0 Å². The average molecular weight is 507 g/mol. The average Bonchev–Trinajstić information content (AvgIpc) is 3.58. The highest BCUT2D eigenvalue weighted by atomic mass is 16.2. The number of carbonyl (C=O) groups excluding carboxylic acids is 2. The molecule has 1 aliphatic rings. The summed E-state index contributed by atoms with van der Waals surface area (Å²) in [7, 11) is 0. The second kappa shape index (κ2) is 11.8. The van der Waals surface area contributed by atoms with Crippen molar-refractivity contribution in [1.82, 2.24) is 40.2 Å². The van der Waals surface area contributed by atoms with E-state index in [0.717, 1.165) is 30.6 Å². The molecule has 0 radical (unpaired) electrons. The number of benzene rings is 1. The number of nitrogens with one attached hydrogen (secondary N) is 1. The van der Waals surface area contributed by atoms with Crippen LogP contribution in [-0.2, 0) is 9.59 Å². The lowest BCUT2D eigenvalue weighted by Gasteiger charge is -2.31. The first-order chi connectivity index (χ1) is 17.8. The van der Waals surface area contributed by atoms with E-state index in [1.54, 1.807) is 16.3 Å². The van der Waals surface area contributed by atoms with Crippen LogP contribution in [0.4, 0.5) is 0 Å². The number of ketones is 1. The van der Waals surface area contributed by atoms with Crippen molar-refractivity contribution in [3.63, 3.8) is 0 Å². The van der Waals surface area contributed by atoms with Crippen molar-refractivity contribution < 1.29 is 9.59 Å². The Labute approximate surface area is 218 Å². The van der Waals surface area contributed by atoms with E-state index >= 15 is 0 Å². The van der Waals surface area contributed by atoms with Gasteiger partial charge in [-0.3, -0.25) is 9.59 Å². The van der Waals surface area contributed by atoms with E-state index in [0.29, 0.717) is 36.8 Å². The Morgan fingerprint density at radius 1 is 0.919 bits per heavy atom. The second-order valence-corrected chi connectivity index (χ2v) is 10.4. The van der Waals surface area contributed by atoms with Gasteiger partial charge in [0, 0.05) is 37.3 Å². The fraction of sp³-hybridized carbons (Fsp3) is 0.556. The summed E-state index contributed by atoms with van der Waals surface area (Å²) in [6.45, 7) is 13.0.